The summed E-state index contributed by atoms with van der Waals surface area (Å²) in [5.74, 6) is 0. The molecule has 0 unspecified atom stereocenters. The number of benzene rings is 19. The van der Waals surface area contributed by atoms with E-state index >= 15 is 0 Å². The highest BCUT2D eigenvalue weighted by Gasteiger charge is 2.50. The van der Waals surface area contributed by atoms with Crippen LogP contribution in [0.1, 0.15) is 0 Å². The highest BCUT2D eigenvalue weighted by Crippen LogP contribution is 2.79. The molecule has 0 amide bonds. The van der Waals surface area contributed by atoms with E-state index in [-0.39, 0.29) is 0 Å². The van der Waals surface area contributed by atoms with Crippen LogP contribution in [-0.4, -0.2) is 24.9 Å². The maximum atomic E-state index is 6.97. The van der Waals surface area contributed by atoms with E-state index in [2.05, 4.69) is 4.57 Å². The minimum absolute atomic E-state index is 0.521. The Morgan fingerprint density at radius 2 is 0.328 bits per heavy atom. The van der Waals surface area contributed by atoms with Crippen LogP contribution in [-0.2, 0) is 16.2 Å². The number of hydrogen-bond donors (Lipinski definition) is 0. The van der Waals surface area contributed by atoms with Gasteiger partial charge in [-0.2, -0.15) is 0 Å². The van der Waals surface area contributed by atoms with Crippen LogP contribution >= 0.6 is 0 Å². The summed E-state index contributed by atoms with van der Waals surface area (Å²) in [7, 11) is 1.81. The summed E-state index contributed by atoms with van der Waals surface area (Å²) in [6.07, 6.45) is 0. The molecule has 0 aliphatic heterocycles. The minimum Gasteiger partial charge on any atom is -0.382 e. The zero-order valence-electron chi connectivity index (χ0n) is 34.4. The Balaban J connectivity index is 1.24. The molecule has 1 heterocycles. The van der Waals surface area contributed by atoms with E-state index in [1.807, 2.05) is 7.11 Å². The van der Waals surface area contributed by atoms with Gasteiger partial charge in [0.1, 0.15) is 6.73 Å². The van der Waals surface area contributed by atoms with E-state index < -0.39 is 0 Å². The van der Waals surface area contributed by atoms with Gasteiger partial charge >= 0.3 is 0 Å². The lowest BCUT2D eigenvalue weighted by atomic mass is 9.84. The molecule has 0 aliphatic carbocycles. The molecular weight excluding hydrogens is 815 g/mol. The second-order valence-corrected chi connectivity index (χ2v) is 23.9. The molecule has 31 rings (SSSR count). The standard InChI is InChI=1S/C64H9NO2/c1-66-2-3-67-4-65-63-59-52-45-33-25-16-7-5-6-8-11(7)20-27(25)35-36-28(20)26-17(8)19-15-10(6)13-12-9(5)14-18(16)31(33)39-37-23(14)21(12)29-30-22(13)24(15)38-40-32(19)34(26)46-48(36)57(56(59)47(35)45)60-53(46)51(40)55-44(38)42(30)49-41(29)43(37)54(50(39)52)61(63)58(49)62(55)64(60)65/h2-4H2,1H3. The van der Waals surface area contributed by atoms with Crippen molar-refractivity contribution in [2.45, 2.75) is 6.73 Å². The first-order valence-electron chi connectivity index (χ1n) is 24.8. The SMILES string of the molecule is COCCOCn1c2c3c4c5c6c7c8c9c%10c%11c%12c9c9c7c7c%13c9c9c%12c%12c%14c%11c%11c%15c%10c%10c8c6c6c8c%10c%15c%10c%15c%11c%14c%11c%14c%12c9c9c%13c(c3c75)c3c9c%14c5c%11c%15c7c%10c8c(c64)c2c7c5c31. The molecule has 0 bridgehead atoms. The number of pyridine rings is 1. The van der Waals surface area contributed by atoms with Crippen molar-refractivity contribution in [1.82, 2.24) is 4.57 Å². The van der Waals surface area contributed by atoms with Gasteiger partial charge in [-0.05, 0) is 0 Å². The van der Waals surface area contributed by atoms with Crippen LogP contribution < -0.4 is 0 Å². The smallest absolute Gasteiger partial charge is 0.123 e. The van der Waals surface area contributed by atoms with E-state index in [0.29, 0.717) is 19.9 Å². The molecule has 31 aromatic rings. The summed E-state index contributed by atoms with van der Waals surface area (Å²) in [6, 6.07) is 0. The largest absolute Gasteiger partial charge is 0.382 e. The molecule has 0 saturated heterocycles. The maximum Gasteiger partial charge on any atom is 0.123 e. The van der Waals surface area contributed by atoms with Crippen molar-refractivity contribution in [3.05, 3.63) is 0 Å². The molecule has 3 nitrogen and oxygen atoms in total. The first-order chi connectivity index (χ1) is 33.4. The van der Waals surface area contributed by atoms with Crippen molar-refractivity contribution < 1.29 is 9.47 Å². The summed E-state index contributed by atoms with van der Waals surface area (Å²) in [5, 5.41) is 93.6. The highest BCUT2D eigenvalue weighted by atomic mass is 16.5. The highest BCUT2D eigenvalue weighted by molar-refractivity contribution is 6.84. The molecule has 0 N–H and O–H groups in total. The van der Waals surface area contributed by atoms with Gasteiger partial charge in [-0.25, -0.2) is 0 Å². The van der Waals surface area contributed by atoms with Crippen LogP contribution in [0.2, 0.25) is 0 Å². The number of fused-ring (bicyclic) bond motifs is 5. The van der Waals surface area contributed by atoms with Crippen molar-refractivity contribution in [3.63, 3.8) is 0 Å². The van der Waals surface area contributed by atoms with E-state index in [1.165, 1.54) is 11.0 Å². The van der Waals surface area contributed by atoms with Crippen molar-refractivity contribution in [1.29, 1.82) is 0 Å². The average molecular weight is 824 g/mol. The van der Waals surface area contributed by atoms with Crippen LogP contribution in [0.4, 0.5) is 0 Å². The topological polar surface area (TPSA) is 23.4 Å². The maximum absolute atomic E-state index is 6.97. The average Bonchev–Trinajstić information content (AvgIpc) is 4.23. The summed E-state index contributed by atoms with van der Waals surface area (Å²) in [4.78, 5) is 0. The molecule has 0 saturated carbocycles. The predicted molar refractivity (Wildman–Crippen MR) is 285 cm³/mol. The zero-order valence-corrected chi connectivity index (χ0v) is 34.4. The summed E-state index contributed by atoms with van der Waals surface area (Å²) >= 11 is 0. The molecule has 0 atom stereocenters. The fourth-order valence-corrected chi connectivity index (χ4v) is 23.0. The van der Waals surface area contributed by atoms with Crippen molar-refractivity contribution in [3.8, 4) is 0 Å². The van der Waals surface area contributed by atoms with Gasteiger partial charge in [0, 0.05) is 320 Å². The number of ether oxygens (including phenoxy) is 2. The van der Waals surface area contributed by atoms with Crippen LogP contribution in [0.5, 0.6) is 0 Å². The van der Waals surface area contributed by atoms with E-state index in [9.17, 15) is 0 Å². The molecule has 0 aliphatic rings. The van der Waals surface area contributed by atoms with Gasteiger partial charge < -0.3 is 14.0 Å². The van der Waals surface area contributed by atoms with Gasteiger partial charge in [-0.3, -0.25) is 0 Å². The molecule has 0 radical (unpaired) electrons. The van der Waals surface area contributed by atoms with Crippen LogP contribution in [0, 0.1) is 0 Å². The quantitative estimate of drug-likeness (QED) is 0.0981. The Bertz CT molecular complexity index is 6810. The second-order valence-electron chi connectivity index (χ2n) is 23.9. The first kappa shape index (κ1) is 25.0. The van der Waals surface area contributed by atoms with E-state index in [4.69, 9.17) is 9.47 Å². The number of methoxy groups -OCH3 is 1. The van der Waals surface area contributed by atoms with Gasteiger partial charge in [0.15, 0.2) is 0 Å². The Morgan fingerprint density at radius 1 is 0.194 bits per heavy atom. The van der Waals surface area contributed by atoms with Gasteiger partial charge in [0.2, 0.25) is 0 Å². The molecule has 282 valence electrons. The predicted octanol–water partition coefficient (Wildman–Crippen LogP) is 17.7. The van der Waals surface area contributed by atoms with Gasteiger partial charge in [-0.1, -0.05) is 0 Å². The summed E-state index contributed by atoms with van der Waals surface area (Å²) in [5.41, 5.74) is 2.91. The number of rotatable bonds is 5. The Hall–Kier alpha value is -8.08. The third kappa shape index (κ3) is 1.38. The Kier molecular flexibility index (Phi) is 2.16. The monoisotopic (exact) mass is 823 g/mol. The fraction of sp³-hybridized carbons (Fsp3) is 0.0625. The van der Waals surface area contributed by atoms with E-state index in [0.717, 1.165) is 0 Å². The molecule has 0 spiro atoms. The third-order valence-electron chi connectivity index (χ3n) is 23.4. The lowest BCUT2D eigenvalue weighted by molar-refractivity contribution is 0.0377. The normalized spacial score (nSPS) is 17.3. The third-order valence-corrected chi connectivity index (χ3v) is 23.4. The number of hydrogen-bond acceptors (Lipinski definition) is 2. The zero-order chi connectivity index (χ0) is 39.8. The molecule has 30 aromatic carbocycles. The molecule has 3 heteroatoms. The lowest BCUT2D eigenvalue weighted by Gasteiger charge is -2.24. The Labute approximate surface area is 362 Å². The van der Waals surface area contributed by atoms with Crippen LogP contribution in [0.25, 0.3) is 323 Å². The number of aromatic nitrogens is 1. The summed E-state index contributed by atoms with van der Waals surface area (Å²) < 4.78 is 15.5. The number of nitrogens with zero attached hydrogens (tertiary/aromatic N) is 1. The fourth-order valence-electron chi connectivity index (χ4n) is 23.0. The van der Waals surface area contributed by atoms with Crippen LogP contribution in [0.15, 0.2) is 0 Å². The van der Waals surface area contributed by atoms with Crippen LogP contribution in [0.3, 0.4) is 0 Å². The lowest BCUT2D eigenvalue weighted by Crippen LogP contribution is -2.10. The van der Waals surface area contributed by atoms with Crippen molar-refractivity contribution in [2.75, 3.05) is 20.3 Å². The van der Waals surface area contributed by atoms with Crippen molar-refractivity contribution in [2.24, 2.45) is 0 Å². The molecule has 67 heavy (non-hydrogen) atoms. The van der Waals surface area contributed by atoms with Gasteiger partial charge in [0.25, 0.3) is 0 Å². The summed E-state index contributed by atoms with van der Waals surface area (Å²) in [6.45, 7) is 1.69. The van der Waals surface area contributed by atoms with Gasteiger partial charge in [0.05, 0.1) is 24.2 Å². The van der Waals surface area contributed by atoms with Crippen molar-refractivity contribution >= 4 is 323 Å². The van der Waals surface area contributed by atoms with E-state index in [1.54, 1.807) is 312 Å². The first-order valence-corrected chi connectivity index (χ1v) is 24.8. The minimum atomic E-state index is 0.521. The second kappa shape index (κ2) is 5.80. The Morgan fingerprint density at radius 3 is 0.478 bits per heavy atom. The molecule has 1 aromatic heterocycles. The van der Waals surface area contributed by atoms with Gasteiger partial charge in [-0.15, -0.1) is 0 Å². The molecular formula is C64H9NO2. The molecule has 0 fully saturated rings.